The van der Waals surface area contributed by atoms with E-state index in [1.165, 1.54) is 18.4 Å². The zero-order chi connectivity index (χ0) is 13.7. The van der Waals surface area contributed by atoms with E-state index >= 15 is 0 Å². The fraction of sp³-hybridized carbons (Fsp3) is 0.438. The van der Waals surface area contributed by atoms with E-state index in [1.54, 1.807) is 7.11 Å². The quantitative estimate of drug-likeness (QED) is 0.748. The first-order chi connectivity index (χ1) is 9.19. The molecule has 2 rings (SSSR count). The van der Waals surface area contributed by atoms with Gasteiger partial charge >= 0.3 is 0 Å². The summed E-state index contributed by atoms with van der Waals surface area (Å²) in [6.07, 6.45) is 7.97. The zero-order valence-electron chi connectivity index (χ0n) is 11.2. The molecule has 3 heteroatoms. The Balaban J connectivity index is 2.02. The van der Waals surface area contributed by atoms with Gasteiger partial charge in [-0.05, 0) is 43.9 Å². The lowest BCUT2D eigenvalue weighted by Crippen LogP contribution is -2.07. The van der Waals surface area contributed by atoms with E-state index in [-0.39, 0.29) is 5.78 Å². The molecule has 0 spiro atoms. The summed E-state index contributed by atoms with van der Waals surface area (Å²) in [6.45, 7) is 0. The van der Waals surface area contributed by atoms with Crippen LogP contribution in [-0.4, -0.2) is 12.9 Å². The van der Waals surface area contributed by atoms with E-state index < -0.39 is 0 Å². The summed E-state index contributed by atoms with van der Waals surface area (Å²) in [5, 5.41) is 0. The smallest absolute Gasteiger partial charge is 0.141 e. The SMILES string of the molecule is COc1ccc(Br)cc1CC(=O)CC1=CCCCC1. The molecule has 0 radical (unpaired) electrons. The number of hydrogen-bond donors (Lipinski definition) is 0. The second-order valence-electron chi connectivity index (χ2n) is 4.96. The number of carbonyl (C=O) groups is 1. The van der Waals surface area contributed by atoms with Crippen LogP contribution in [0.4, 0.5) is 0 Å². The van der Waals surface area contributed by atoms with Gasteiger partial charge in [0.05, 0.1) is 7.11 Å². The monoisotopic (exact) mass is 322 g/mol. The van der Waals surface area contributed by atoms with Crippen molar-refractivity contribution in [1.82, 2.24) is 0 Å². The molecule has 0 saturated heterocycles. The standard InChI is InChI=1S/C16H19BrO2/c1-19-16-8-7-14(17)10-13(16)11-15(18)9-12-5-3-2-4-6-12/h5,7-8,10H,2-4,6,9,11H2,1H3. The highest BCUT2D eigenvalue weighted by molar-refractivity contribution is 9.10. The van der Waals surface area contributed by atoms with Gasteiger partial charge in [-0.15, -0.1) is 0 Å². The van der Waals surface area contributed by atoms with Crippen LogP contribution in [0.5, 0.6) is 5.75 Å². The molecule has 1 aromatic rings. The number of carbonyl (C=O) groups excluding carboxylic acids is 1. The Morgan fingerprint density at radius 3 is 2.84 bits per heavy atom. The molecule has 0 saturated carbocycles. The van der Waals surface area contributed by atoms with Crippen molar-refractivity contribution in [3.05, 3.63) is 39.9 Å². The lowest BCUT2D eigenvalue weighted by molar-refractivity contribution is -0.117. The van der Waals surface area contributed by atoms with Gasteiger partial charge in [-0.25, -0.2) is 0 Å². The highest BCUT2D eigenvalue weighted by atomic mass is 79.9. The Labute approximate surface area is 123 Å². The third-order valence-corrected chi connectivity index (χ3v) is 3.93. The van der Waals surface area contributed by atoms with Crippen LogP contribution in [0, 0.1) is 0 Å². The number of allylic oxidation sites excluding steroid dienone is 2. The summed E-state index contributed by atoms with van der Waals surface area (Å²) in [5.41, 5.74) is 2.27. The van der Waals surface area contributed by atoms with Crippen LogP contribution in [-0.2, 0) is 11.2 Å². The molecule has 0 fully saturated rings. The van der Waals surface area contributed by atoms with Crippen molar-refractivity contribution in [3.63, 3.8) is 0 Å². The number of methoxy groups -OCH3 is 1. The van der Waals surface area contributed by atoms with Crippen LogP contribution in [0.1, 0.15) is 37.7 Å². The van der Waals surface area contributed by atoms with Crippen LogP contribution < -0.4 is 4.74 Å². The number of halogens is 1. The molecule has 0 aromatic heterocycles. The third-order valence-electron chi connectivity index (χ3n) is 3.44. The van der Waals surface area contributed by atoms with E-state index in [0.717, 1.165) is 28.6 Å². The normalized spacial score (nSPS) is 14.9. The molecule has 19 heavy (non-hydrogen) atoms. The number of Topliss-reactive ketones (excluding diaryl/α,β-unsaturated/α-hetero) is 1. The summed E-state index contributed by atoms with van der Waals surface area (Å²) in [5.74, 6) is 1.05. The van der Waals surface area contributed by atoms with Crippen LogP contribution in [0.3, 0.4) is 0 Å². The van der Waals surface area contributed by atoms with Gasteiger partial charge in [0.2, 0.25) is 0 Å². The maximum atomic E-state index is 12.1. The van der Waals surface area contributed by atoms with E-state index in [1.807, 2.05) is 18.2 Å². The third kappa shape index (κ3) is 4.20. The van der Waals surface area contributed by atoms with Gasteiger partial charge in [0, 0.05) is 22.9 Å². The van der Waals surface area contributed by atoms with Crippen molar-refractivity contribution in [2.45, 2.75) is 38.5 Å². The first kappa shape index (κ1) is 14.3. The maximum Gasteiger partial charge on any atom is 0.141 e. The molecule has 0 atom stereocenters. The number of hydrogen-bond acceptors (Lipinski definition) is 2. The molecular weight excluding hydrogens is 304 g/mol. The lowest BCUT2D eigenvalue weighted by atomic mass is 9.94. The van der Waals surface area contributed by atoms with Crippen molar-refractivity contribution >= 4 is 21.7 Å². The number of benzene rings is 1. The number of ketones is 1. The van der Waals surface area contributed by atoms with Crippen molar-refractivity contribution in [2.75, 3.05) is 7.11 Å². The van der Waals surface area contributed by atoms with Gasteiger partial charge in [-0.1, -0.05) is 27.6 Å². The predicted molar refractivity (Wildman–Crippen MR) is 80.6 cm³/mol. The number of ether oxygens (including phenoxy) is 1. The Kier molecular flexibility index (Phi) is 5.20. The molecule has 0 heterocycles. The summed E-state index contributed by atoms with van der Waals surface area (Å²) in [7, 11) is 1.64. The van der Waals surface area contributed by atoms with E-state index in [2.05, 4.69) is 22.0 Å². The minimum Gasteiger partial charge on any atom is -0.496 e. The van der Waals surface area contributed by atoms with Gasteiger partial charge in [0.1, 0.15) is 11.5 Å². The van der Waals surface area contributed by atoms with E-state index in [0.29, 0.717) is 12.8 Å². The molecule has 0 amide bonds. The van der Waals surface area contributed by atoms with Crippen LogP contribution in [0.2, 0.25) is 0 Å². The van der Waals surface area contributed by atoms with Crippen LogP contribution >= 0.6 is 15.9 Å². The van der Waals surface area contributed by atoms with Gasteiger partial charge in [-0.2, -0.15) is 0 Å². The summed E-state index contributed by atoms with van der Waals surface area (Å²) >= 11 is 3.44. The Morgan fingerprint density at radius 2 is 2.16 bits per heavy atom. The molecule has 1 aromatic carbocycles. The largest absolute Gasteiger partial charge is 0.496 e. The molecule has 2 nitrogen and oxygen atoms in total. The topological polar surface area (TPSA) is 26.3 Å². The highest BCUT2D eigenvalue weighted by Crippen LogP contribution is 2.25. The second kappa shape index (κ2) is 6.90. The molecule has 102 valence electrons. The van der Waals surface area contributed by atoms with Gasteiger partial charge in [0.25, 0.3) is 0 Å². The fourth-order valence-corrected chi connectivity index (χ4v) is 2.89. The van der Waals surface area contributed by atoms with Crippen molar-refractivity contribution in [3.8, 4) is 5.75 Å². The Morgan fingerprint density at radius 1 is 1.32 bits per heavy atom. The molecule has 1 aliphatic rings. The minimum absolute atomic E-state index is 0.268. The predicted octanol–water partition coefficient (Wildman–Crippen LogP) is 4.46. The van der Waals surface area contributed by atoms with Crippen molar-refractivity contribution in [1.29, 1.82) is 0 Å². The summed E-state index contributed by atoms with van der Waals surface area (Å²) in [6, 6.07) is 5.79. The maximum absolute atomic E-state index is 12.1. The van der Waals surface area contributed by atoms with E-state index in [4.69, 9.17) is 4.74 Å². The van der Waals surface area contributed by atoms with E-state index in [9.17, 15) is 4.79 Å². The molecule has 1 aliphatic carbocycles. The summed E-state index contributed by atoms with van der Waals surface area (Å²) in [4.78, 5) is 12.1. The second-order valence-corrected chi connectivity index (χ2v) is 5.87. The molecule has 0 unspecified atom stereocenters. The van der Waals surface area contributed by atoms with Crippen LogP contribution in [0.15, 0.2) is 34.3 Å². The molecule has 0 N–H and O–H groups in total. The lowest BCUT2D eigenvalue weighted by Gasteiger charge is -2.13. The van der Waals surface area contributed by atoms with Crippen molar-refractivity contribution in [2.24, 2.45) is 0 Å². The Bertz CT molecular complexity index is 492. The molecule has 0 bridgehead atoms. The van der Waals surface area contributed by atoms with Crippen molar-refractivity contribution < 1.29 is 9.53 Å². The molecule has 0 aliphatic heterocycles. The first-order valence-electron chi connectivity index (χ1n) is 6.71. The Hall–Kier alpha value is -1.09. The van der Waals surface area contributed by atoms with Gasteiger partial charge in [0.15, 0.2) is 0 Å². The van der Waals surface area contributed by atoms with Gasteiger partial charge in [-0.3, -0.25) is 4.79 Å². The highest BCUT2D eigenvalue weighted by Gasteiger charge is 2.12. The number of rotatable bonds is 5. The first-order valence-corrected chi connectivity index (χ1v) is 7.50. The molecular formula is C16H19BrO2. The average Bonchev–Trinajstić information content (AvgIpc) is 2.40. The van der Waals surface area contributed by atoms with Crippen LogP contribution in [0.25, 0.3) is 0 Å². The minimum atomic E-state index is 0.268. The summed E-state index contributed by atoms with van der Waals surface area (Å²) < 4.78 is 6.28. The zero-order valence-corrected chi connectivity index (χ0v) is 12.8. The van der Waals surface area contributed by atoms with Gasteiger partial charge < -0.3 is 4.74 Å². The average molecular weight is 323 g/mol. The fourth-order valence-electron chi connectivity index (χ4n) is 2.48.